The van der Waals surface area contributed by atoms with Crippen LogP contribution < -0.4 is 5.73 Å². The highest BCUT2D eigenvalue weighted by atomic mass is 16.5. The molecule has 0 aliphatic carbocycles. The van der Waals surface area contributed by atoms with E-state index in [9.17, 15) is 0 Å². The monoisotopic (exact) mass is 251 g/mol. The van der Waals surface area contributed by atoms with Crippen LogP contribution in [0.15, 0.2) is 54.6 Å². The first-order valence-electron chi connectivity index (χ1n) is 6.28. The number of rotatable bonds is 4. The minimum absolute atomic E-state index is 0.374. The second kappa shape index (κ2) is 7.38. The molecule has 96 valence electrons. The average molecular weight is 251 g/mol. The van der Waals surface area contributed by atoms with E-state index in [1.807, 2.05) is 42.5 Å². The van der Waals surface area contributed by atoms with Crippen molar-refractivity contribution in [2.75, 3.05) is 6.54 Å². The fraction of sp³-hybridized carbons (Fsp3) is 0.176. The summed E-state index contributed by atoms with van der Waals surface area (Å²) in [4.78, 5) is 0. The first-order valence-corrected chi connectivity index (χ1v) is 6.28. The third-order valence-corrected chi connectivity index (χ3v) is 2.71. The van der Waals surface area contributed by atoms with Gasteiger partial charge in [-0.25, -0.2) is 0 Å². The van der Waals surface area contributed by atoms with Crippen LogP contribution in [0.25, 0.3) is 0 Å². The molecule has 19 heavy (non-hydrogen) atoms. The molecule has 2 nitrogen and oxygen atoms in total. The van der Waals surface area contributed by atoms with Gasteiger partial charge in [-0.2, -0.15) is 0 Å². The van der Waals surface area contributed by atoms with Crippen LogP contribution in [-0.4, -0.2) is 6.54 Å². The van der Waals surface area contributed by atoms with E-state index < -0.39 is 0 Å². The summed E-state index contributed by atoms with van der Waals surface area (Å²) in [5.74, 6) is 5.94. The molecule has 2 rings (SSSR count). The van der Waals surface area contributed by atoms with Crippen molar-refractivity contribution in [3.8, 4) is 11.8 Å². The van der Waals surface area contributed by atoms with Crippen LogP contribution in [0.4, 0.5) is 0 Å². The maximum atomic E-state index is 5.73. The van der Waals surface area contributed by atoms with Crippen molar-refractivity contribution in [3.05, 3.63) is 71.3 Å². The van der Waals surface area contributed by atoms with Crippen LogP contribution in [0, 0.1) is 11.8 Å². The molecule has 0 aliphatic heterocycles. The summed E-state index contributed by atoms with van der Waals surface area (Å²) in [6, 6.07) is 18.1. The lowest BCUT2D eigenvalue weighted by Gasteiger charge is -2.06. The van der Waals surface area contributed by atoms with Crippen LogP contribution in [0.1, 0.15) is 16.7 Å². The number of benzene rings is 2. The number of hydrogen-bond donors (Lipinski definition) is 1. The number of ether oxygens (including phenoxy) is 1. The molecule has 0 spiro atoms. The molecular formula is C17H17NO. The van der Waals surface area contributed by atoms with Crippen molar-refractivity contribution in [3.63, 3.8) is 0 Å². The number of nitrogens with two attached hydrogens (primary N) is 1. The van der Waals surface area contributed by atoms with E-state index in [1.165, 1.54) is 5.56 Å². The fourth-order valence-corrected chi connectivity index (χ4v) is 1.77. The summed E-state index contributed by atoms with van der Waals surface area (Å²) >= 11 is 0. The van der Waals surface area contributed by atoms with Crippen molar-refractivity contribution < 1.29 is 4.74 Å². The molecule has 2 N–H and O–H groups in total. The molecule has 2 heteroatoms. The van der Waals surface area contributed by atoms with Crippen molar-refractivity contribution in [2.24, 2.45) is 5.73 Å². The zero-order valence-electron chi connectivity index (χ0n) is 10.8. The highest BCUT2D eigenvalue weighted by Crippen LogP contribution is 2.10. The molecule has 0 aliphatic rings. The van der Waals surface area contributed by atoms with Crippen molar-refractivity contribution in [1.29, 1.82) is 0 Å². The maximum absolute atomic E-state index is 5.73. The van der Waals surface area contributed by atoms with Gasteiger partial charge in [-0.15, -0.1) is 0 Å². The summed E-state index contributed by atoms with van der Waals surface area (Å²) in [6.07, 6.45) is 0. The topological polar surface area (TPSA) is 35.2 Å². The normalized spacial score (nSPS) is 9.74. The van der Waals surface area contributed by atoms with Crippen LogP contribution >= 0.6 is 0 Å². The summed E-state index contributed by atoms with van der Waals surface area (Å²) < 4.78 is 5.73. The van der Waals surface area contributed by atoms with E-state index >= 15 is 0 Å². The lowest BCUT2D eigenvalue weighted by atomic mass is 10.1. The molecule has 2 aromatic carbocycles. The van der Waals surface area contributed by atoms with Gasteiger partial charge in [0.1, 0.15) is 0 Å². The Hall–Kier alpha value is -2.08. The second-order valence-corrected chi connectivity index (χ2v) is 4.14. The molecule has 0 saturated heterocycles. The molecule has 0 heterocycles. The standard InChI is InChI=1S/C17H17NO/c18-12-6-11-16-9-4-5-10-17(16)14-19-13-15-7-2-1-3-8-15/h1-5,7-10H,12-14,18H2. The third-order valence-electron chi connectivity index (χ3n) is 2.71. The highest BCUT2D eigenvalue weighted by Gasteiger charge is 1.99. The number of hydrogen-bond acceptors (Lipinski definition) is 2. The molecule has 0 fully saturated rings. The third kappa shape index (κ3) is 4.26. The van der Waals surface area contributed by atoms with Crippen molar-refractivity contribution in [1.82, 2.24) is 0 Å². The van der Waals surface area contributed by atoms with Crippen LogP contribution in [0.2, 0.25) is 0 Å². The molecule has 0 saturated carbocycles. The minimum Gasteiger partial charge on any atom is -0.372 e. The van der Waals surface area contributed by atoms with Gasteiger partial charge < -0.3 is 10.5 Å². The first kappa shape index (κ1) is 13.4. The predicted molar refractivity (Wildman–Crippen MR) is 77.3 cm³/mol. The van der Waals surface area contributed by atoms with Crippen LogP contribution in [0.5, 0.6) is 0 Å². The Morgan fingerprint density at radius 1 is 0.895 bits per heavy atom. The molecule has 0 radical (unpaired) electrons. The van der Waals surface area contributed by atoms with Gasteiger partial charge in [0.05, 0.1) is 19.8 Å². The Morgan fingerprint density at radius 3 is 2.42 bits per heavy atom. The average Bonchev–Trinajstić information content (AvgIpc) is 2.47. The smallest absolute Gasteiger partial charge is 0.0733 e. The lowest BCUT2D eigenvalue weighted by molar-refractivity contribution is 0.107. The SMILES string of the molecule is NCC#Cc1ccccc1COCc1ccccc1. The highest BCUT2D eigenvalue weighted by molar-refractivity contribution is 5.41. The van der Waals surface area contributed by atoms with Gasteiger partial charge in [-0.05, 0) is 17.2 Å². The van der Waals surface area contributed by atoms with E-state index in [0.29, 0.717) is 19.8 Å². The Kier molecular flexibility index (Phi) is 5.18. The largest absolute Gasteiger partial charge is 0.372 e. The summed E-state index contributed by atoms with van der Waals surface area (Å²) in [5.41, 5.74) is 8.66. The van der Waals surface area contributed by atoms with Gasteiger partial charge in [-0.1, -0.05) is 60.4 Å². The molecule has 0 atom stereocenters. The zero-order chi connectivity index (χ0) is 13.3. The maximum Gasteiger partial charge on any atom is 0.0733 e. The molecule has 0 aromatic heterocycles. The van der Waals surface area contributed by atoms with E-state index in [1.54, 1.807) is 0 Å². The van der Waals surface area contributed by atoms with E-state index in [0.717, 1.165) is 11.1 Å². The Bertz CT molecular complexity index is 567. The van der Waals surface area contributed by atoms with Gasteiger partial charge in [-0.3, -0.25) is 0 Å². The van der Waals surface area contributed by atoms with Gasteiger partial charge in [0.15, 0.2) is 0 Å². The van der Waals surface area contributed by atoms with Gasteiger partial charge in [0.25, 0.3) is 0 Å². The second-order valence-electron chi connectivity index (χ2n) is 4.14. The summed E-state index contributed by atoms with van der Waals surface area (Å²) in [5, 5.41) is 0. The van der Waals surface area contributed by atoms with Crippen molar-refractivity contribution in [2.45, 2.75) is 13.2 Å². The molecule has 0 bridgehead atoms. The lowest BCUT2D eigenvalue weighted by Crippen LogP contribution is -1.97. The van der Waals surface area contributed by atoms with E-state index in [-0.39, 0.29) is 0 Å². The predicted octanol–water partition coefficient (Wildman–Crippen LogP) is 2.71. The summed E-state index contributed by atoms with van der Waals surface area (Å²) in [7, 11) is 0. The molecule has 0 unspecified atom stereocenters. The van der Waals surface area contributed by atoms with Crippen LogP contribution in [0.3, 0.4) is 0 Å². The van der Waals surface area contributed by atoms with Gasteiger partial charge >= 0.3 is 0 Å². The summed E-state index contributed by atoms with van der Waals surface area (Å²) in [6.45, 7) is 1.54. The Morgan fingerprint density at radius 2 is 1.63 bits per heavy atom. The Balaban J connectivity index is 1.96. The Labute approximate surface area is 114 Å². The van der Waals surface area contributed by atoms with E-state index in [2.05, 4.69) is 24.0 Å². The van der Waals surface area contributed by atoms with E-state index in [4.69, 9.17) is 10.5 Å². The van der Waals surface area contributed by atoms with Crippen molar-refractivity contribution >= 4 is 0 Å². The molecule has 0 amide bonds. The quantitative estimate of drug-likeness (QED) is 0.848. The minimum atomic E-state index is 0.374. The molecule has 2 aromatic rings. The van der Waals surface area contributed by atoms with Gasteiger partial charge in [0.2, 0.25) is 0 Å². The molecular weight excluding hydrogens is 234 g/mol. The first-order chi connectivity index (χ1) is 9.40. The van der Waals surface area contributed by atoms with Crippen LogP contribution in [-0.2, 0) is 18.0 Å². The zero-order valence-corrected chi connectivity index (χ0v) is 10.8. The van der Waals surface area contributed by atoms with Gasteiger partial charge in [0, 0.05) is 5.56 Å². The fourth-order valence-electron chi connectivity index (χ4n) is 1.77.